The number of aliphatic hydroxyl groups excluding tert-OH is 2. The molecule has 0 aromatic carbocycles. The Bertz CT molecular complexity index is 697. The van der Waals surface area contributed by atoms with Crippen molar-refractivity contribution in [3.05, 3.63) is 33.1 Å². The molecule has 1 saturated heterocycles. The van der Waals surface area contributed by atoms with Crippen LogP contribution in [-0.2, 0) is 9.30 Å². The maximum Gasteiger partial charge on any atom is 0.370 e. The number of rotatable bonds is 3. The number of hydrogen-bond acceptors (Lipinski definition) is 6. The molecule has 1 fully saturated rings. The summed E-state index contributed by atoms with van der Waals surface area (Å²) in [6.45, 7) is -0.929. The molecule has 2 heterocycles. The van der Waals surface area contributed by atoms with Gasteiger partial charge in [-0.15, -0.1) is 0 Å². The van der Waals surface area contributed by atoms with Crippen molar-refractivity contribution in [1.29, 1.82) is 0 Å². The Balaban J connectivity index is 2.62. The van der Waals surface area contributed by atoms with Crippen molar-refractivity contribution in [2.75, 3.05) is 6.61 Å². The van der Waals surface area contributed by atoms with Gasteiger partial charge in [-0.3, -0.25) is 18.9 Å². The van der Waals surface area contributed by atoms with E-state index in [-0.39, 0.29) is 0 Å². The molecular weight excluding hydrogens is 314 g/mol. The Labute approximate surface area is 115 Å². The molecule has 12 heteroatoms. The number of aromatic amines is 1. The van der Waals surface area contributed by atoms with E-state index in [9.17, 15) is 23.7 Å². The Morgan fingerprint density at radius 2 is 2.10 bits per heavy atom. The molecule has 0 amide bonds. The molecular formula is C9H12FN2O8P. The van der Waals surface area contributed by atoms with Gasteiger partial charge in [0, 0.05) is 12.3 Å². The van der Waals surface area contributed by atoms with Gasteiger partial charge in [0.05, 0.1) is 6.61 Å². The highest BCUT2D eigenvalue weighted by Gasteiger charge is 2.68. The second-order valence-electron chi connectivity index (χ2n) is 4.44. The van der Waals surface area contributed by atoms with Gasteiger partial charge in [0.2, 0.25) is 0 Å². The smallest absolute Gasteiger partial charge is 0.370 e. The van der Waals surface area contributed by atoms with Crippen LogP contribution in [0.5, 0.6) is 0 Å². The molecule has 0 saturated carbocycles. The fourth-order valence-corrected chi connectivity index (χ4v) is 3.06. The number of H-pyrrole nitrogens is 1. The van der Waals surface area contributed by atoms with E-state index in [1.54, 1.807) is 4.98 Å². The zero-order chi connectivity index (χ0) is 16.0. The summed E-state index contributed by atoms with van der Waals surface area (Å²) in [5.74, 6) is 0. The molecule has 4 atom stereocenters. The van der Waals surface area contributed by atoms with Gasteiger partial charge in [0.25, 0.3) is 11.0 Å². The molecule has 21 heavy (non-hydrogen) atoms. The maximum atomic E-state index is 14.8. The zero-order valence-corrected chi connectivity index (χ0v) is 11.2. The lowest BCUT2D eigenvalue weighted by Crippen LogP contribution is -2.45. The van der Waals surface area contributed by atoms with E-state index < -0.39 is 49.3 Å². The van der Waals surface area contributed by atoms with Crippen molar-refractivity contribution in [2.24, 2.45) is 0 Å². The van der Waals surface area contributed by atoms with E-state index in [1.807, 2.05) is 0 Å². The van der Waals surface area contributed by atoms with Crippen LogP contribution in [0.4, 0.5) is 4.39 Å². The quantitative estimate of drug-likeness (QED) is 0.385. The topological polar surface area (TPSA) is 162 Å². The molecule has 1 aliphatic heterocycles. The van der Waals surface area contributed by atoms with Gasteiger partial charge < -0.3 is 24.7 Å². The summed E-state index contributed by atoms with van der Waals surface area (Å²) < 4.78 is 31.4. The number of aromatic nitrogens is 2. The van der Waals surface area contributed by atoms with Gasteiger partial charge in [-0.05, 0) is 0 Å². The van der Waals surface area contributed by atoms with Gasteiger partial charge in [-0.25, -0.2) is 9.18 Å². The van der Waals surface area contributed by atoms with Gasteiger partial charge in [-0.1, -0.05) is 0 Å². The predicted octanol–water partition coefficient (Wildman–Crippen LogP) is -2.37. The molecule has 0 bridgehead atoms. The second kappa shape index (κ2) is 5.13. The SMILES string of the molecule is O=c1ccn([C@@H]2O[C@H](CO)[C@@H](O)[C@]2(F)P(=O)(O)O)c(=O)[nH]1. The first-order valence-electron chi connectivity index (χ1n) is 5.63. The number of hydrogen-bond donors (Lipinski definition) is 5. The number of nitrogens with one attached hydrogen (secondary N) is 1. The van der Waals surface area contributed by atoms with E-state index in [4.69, 9.17) is 19.6 Å². The van der Waals surface area contributed by atoms with Crippen LogP contribution in [0.2, 0.25) is 0 Å². The monoisotopic (exact) mass is 326 g/mol. The van der Waals surface area contributed by atoms with Crippen LogP contribution in [0.25, 0.3) is 0 Å². The van der Waals surface area contributed by atoms with Crippen molar-refractivity contribution in [1.82, 2.24) is 9.55 Å². The van der Waals surface area contributed by atoms with Crippen molar-refractivity contribution in [3.63, 3.8) is 0 Å². The molecule has 118 valence electrons. The summed E-state index contributed by atoms with van der Waals surface area (Å²) in [6.07, 6.45) is -5.46. The van der Waals surface area contributed by atoms with E-state index in [0.717, 1.165) is 12.3 Å². The van der Waals surface area contributed by atoms with Gasteiger partial charge in [0.15, 0.2) is 6.23 Å². The Morgan fingerprint density at radius 1 is 1.48 bits per heavy atom. The molecule has 1 aromatic heterocycles. The largest absolute Gasteiger partial charge is 0.394 e. The average Bonchev–Trinajstić information content (AvgIpc) is 2.63. The normalized spacial score (nSPS) is 33.3. The first-order chi connectivity index (χ1) is 9.62. The number of ether oxygens (including phenoxy) is 1. The minimum absolute atomic E-state index is 0.388. The summed E-state index contributed by atoms with van der Waals surface area (Å²) in [5, 5.41) is 15.0. The Hall–Kier alpha value is -1.36. The van der Waals surface area contributed by atoms with Crippen LogP contribution in [-0.4, -0.2) is 53.8 Å². The summed E-state index contributed by atoms with van der Waals surface area (Å²) in [4.78, 5) is 42.7. The van der Waals surface area contributed by atoms with Crippen LogP contribution in [0.15, 0.2) is 21.9 Å². The van der Waals surface area contributed by atoms with Crippen LogP contribution in [0.3, 0.4) is 0 Å². The number of halogens is 1. The third-order valence-electron chi connectivity index (χ3n) is 3.15. The molecule has 0 spiro atoms. The first kappa shape index (κ1) is 16.0. The van der Waals surface area contributed by atoms with Crippen molar-refractivity contribution in [3.8, 4) is 0 Å². The van der Waals surface area contributed by atoms with Crippen molar-refractivity contribution < 1.29 is 33.7 Å². The van der Waals surface area contributed by atoms with E-state index in [1.165, 1.54) is 0 Å². The molecule has 2 rings (SSSR count). The fourth-order valence-electron chi connectivity index (χ4n) is 2.07. The van der Waals surface area contributed by atoms with Gasteiger partial charge >= 0.3 is 13.3 Å². The van der Waals surface area contributed by atoms with Gasteiger partial charge in [-0.2, -0.15) is 0 Å². The van der Waals surface area contributed by atoms with Crippen molar-refractivity contribution >= 4 is 7.60 Å². The van der Waals surface area contributed by atoms with E-state index in [0.29, 0.717) is 4.57 Å². The maximum absolute atomic E-state index is 14.8. The highest BCUT2D eigenvalue weighted by atomic mass is 31.2. The average molecular weight is 326 g/mol. The number of alkyl halides is 1. The third-order valence-corrected chi connectivity index (χ3v) is 4.53. The Morgan fingerprint density at radius 3 is 2.57 bits per heavy atom. The molecule has 1 aromatic rings. The molecule has 0 aliphatic carbocycles. The molecule has 0 radical (unpaired) electrons. The molecule has 5 N–H and O–H groups in total. The summed E-state index contributed by atoms with van der Waals surface area (Å²) >= 11 is 0. The fraction of sp³-hybridized carbons (Fsp3) is 0.556. The van der Waals surface area contributed by atoms with E-state index >= 15 is 0 Å². The summed E-state index contributed by atoms with van der Waals surface area (Å²) in [7, 11) is -5.59. The molecule has 0 unspecified atom stereocenters. The highest BCUT2D eigenvalue weighted by molar-refractivity contribution is 7.53. The predicted molar refractivity (Wildman–Crippen MR) is 64.2 cm³/mol. The van der Waals surface area contributed by atoms with Crippen molar-refractivity contribution in [2.45, 2.75) is 23.8 Å². The first-order valence-corrected chi connectivity index (χ1v) is 7.24. The number of aliphatic hydroxyl groups is 2. The van der Waals surface area contributed by atoms with E-state index in [2.05, 4.69) is 0 Å². The van der Waals surface area contributed by atoms with Crippen LogP contribution in [0, 0.1) is 0 Å². The van der Waals surface area contributed by atoms with Gasteiger partial charge in [0.1, 0.15) is 12.2 Å². The minimum Gasteiger partial charge on any atom is -0.394 e. The lowest BCUT2D eigenvalue weighted by atomic mass is 10.1. The second-order valence-corrected chi connectivity index (χ2v) is 6.22. The third kappa shape index (κ3) is 2.37. The standard InChI is InChI=1S/C9H12FN2O8P/c10-9(21(17,18)19)6(15)4(3-13)20-7(9)12-2-1-5(14)11-8(12)16/h1-2,4,6-7,13,15H,3H2,(H,11,14,16)(H2,17,18,19)/t4-,6-,7-,9+/m1/s1. The zero-order valence-electron chi connectivity index (χ0n) is 10.3. The lowest BCUT2D eigenvalue weighted by Gasteiger charge is -2.29. The molecule has 1 aliphatic rings. The number of nitrogens with zero attached hydrogens (tertiary/aromatic N) is 1. The minimum atomic E-state index is -5.59. The lowest BCUT2D eigenvalue weighted by molar-refractivity contribution is -0.0539. The highest BCUT2D eigenvalue weighted by Crippen LogP contribution is 2.62. The van der Waals surface area contributed by atoms with Crippen LogP contribution >= 0.6 is 7.60 Å². The van der Waals surface area contributed by atoms with Crippen LogP contribution < -0.4 is 11.2 Å². The summed E-state index contributed by atoms with van der Waals surface area (Å²) in [6, 6.07) is 0.809. The van der Waals surface area contributed by atoms with Crippen LogP contribution in [0.1, 0.15) is 6.23 Å². The molecule has 10 nitrogen and oxygen atoms in total. The Kier molecular flexibility index (Phi) is 3.91. The summed E-state index contributed by atoms with van der Waals surface area (Å²) in [5.41, 5.74) is -2.00.